The molecule has 1 heterocycles. The first-order valence-electron chi connectivity index (χ1n) is 6.92. The number of ether oxygens (including phenoxy) is 1. The van der Waals surface area contributed by atoms with Crippen molar-refractivity contribution in [2.45, 2.75) is 6.42 Å². The number of rotatable bonds is 5. The van der Waals surface area contributed by atoms with Gasteiger partial charge < -0.3 is 10.1 Å². The molecule has 1 aliphatic rings. The third-order valence-corrected chi connectivity index (χ3v) is 3.27. The second-order valence-corrected chi connectivity index (χ2v) is 4.80. The normalized spacial score (nSPS) is 16.0. The van der Waals surface area contributed by atoms with Crippen LogP contribution in [0.2, 0.25) is 0 Å². The second-order valence-electron chi connectivity index (χ2n) is 4.80. The Morgan fingerprint density at radius 2 is 2.24 bits per heavy atom. The van der Waals surface area contributed by atoms with Gasteiger partial charge in [-0.15, -0.1) is 0 Å². The minimum atomic E-state index is -0.389. The summed E-state index contributed by atoms with van der Waals surface area (Å²) >= 11 is 0. The molecule has 21 heavy (non-hydrogen) atoms. The summed E-state index contributed by atoms with van der Waals surface area (Å²) in [6.45, 7) is 2.99. The van der Waals surface area contributed by atoms with Gasteiger partial charge in [0.25, 0.3) is 5.91 Å². The van der Waals surface area contributed by atoms with Crippen LogP contribution in [0.5, 0.6) is 5.75 Å². The lowest BCUT2D eigenvalue weighted by atomic mass is 10.2. The number of nitrogen functional groups attached to an aromatic ring is 1. The van der Waals surface area contributed by atoms with Gasteiger partial charge in [0, 0.05) is 19.6 Å². The molecule has 7 nitrogen and oxygen atoms in total. The van der Waals surface area contributed by atoms with Gasteiger partial charge in [-0.05, 0) is 18.6 Å². The number of hydrogen-bond acceptors (Lipinski definition) is 5. The van der Waals surface area contributed by atoms with Crippen molar-refractivity contribution in [3.05, 3.63) is 29.8 Å². The van der Waals surface area contributed by atoms with Crippen LogP contribution in [0.4, 0.5) is 0 Å². The van der Waals surface area contributed by atoms with Crippen molar-refractivity contribution in [1.82, 2.24) is 15.6 Å². The van der Waals surface area contributed by atoms with Gasteiger partial charge in [-0.1, -0.05) is 12.1 Å². The minimum Gasteiger partial charge on any atom is -0.491 e. The molecule has 1 fully saturated rings. The predicted molar refractivity (Wildman–Crippen MR) is 77.7 cm³/mol. The molecule has 0 aliphatic carbocycles. The zero-order chi connectivity index (χ0) is 15.1. The number of nitrogens with one attached hydrogen (secondary N) is 2. The smallest absolute Gasteiger partial charge is 0.268 e. The molecule has 1 saturated heterocycles. The molecular formula is C14H20N4O3. The second kappa shape index (κ2) is 7.61. The number of para-hydroxylation sites is 1. The summed E-state index contributed by atoms with van der Waals surface area (Å²) in [6, 6.07) is 6.91. The van der Waals surface area contributed by atoms with E-state index in [1.54, 1.807) is 24.3 Å². The molecule has 2 amide bonds. The van der Waals surface area contributed by atoms with Gasteiger partial charge in [-0.25, -0.2) is 5.84 Å². The van der Waals surface area contributed by atoms with Gasteiger partial charge >= 0.3 is 0 Å². The lowest BCUT2D eigenvalue weighted by molar-refractivity contribution is -0.121. The zero-order valence-electron chi connectivity index (χ0n) is 11.8. The lowest BCUT2D eigenvalue weighted by Gasteiger charge is -2.19. The van der Waals surface area contributed by atoms with Crippen molar-refractivity contribution < 1.29 is 14.3 Å². The highest BCUT2D eigenvalue weighted by Crippen LogP contribution is 2.17. The van der Waals surface area contributed by atoms with Gasteiger partial charge in [-0.2, -0.15) is 0 Å². The van der Waals surface area contributed by atoms with E-state index in [0.29, 0.717) is 31.0 Å². The summed E-state index contributed by atoms with van der Waals surface area (Å²) in [5.74, 6) is 5.28. The molecule has 1 aliphatic heterocycles. The van der Waals surface area contributed by atoms with Crippen molar-refractivity contribution >= 4 is 11.8 Å². The van der Waals surface area contributed by atoms with Gasteiger partial charge in [0.2, 0.25) is 5.91 Å². The van der Waals surface area contributed by atoms with Gasteiger partial charge in [0.15, 0.2) is 0 Å². The van der Waals surface area contributed by atoms with E-state index in [0.717, 1.165) is 19.5 Å². The van der Waals surface area contributed by atoms with Gasteiger partial charge in [0.05, 0.1) is 12.1 Å². The highest BCUT2D eigenvalue weighted by molar-refractivity contribution is 5.96. The standard InChI is InChI=1S/C14H20N4O3/c15-17-14(20)11-4-1-2-5-12(11)21-9-8-18-7-3-6-16-13(19)10-18/h1-2,4-5H,3,6-10,15H2,(H,16,19)(H,17,20). The number of hydrazine groups is 1. The molecule has 0 radical (unpaired) electrons. The van der Waals surface area contributed by atoms with Crippen molar-refractivity contribution in [3.8, 4) is 5.75 Å². The van der Waals surface area contributed by atoms with E-state index < -0.39 is 0 Å². The number of hydrogen-bond donors (Lipinski definition) is 3. The summed E-state index contributed by atoms with van der Waals surface area (Å²) in [5, 5.41) is 2.83. The monoisotopic (exact) mass is 292 g/mol. The molecule has 2 rings (SSSR count). The first-order valence-corrected chi connectivity index (χ1v) is 6.92. The Morgan fingerprint density at radius 3 is 3.05 bits per heavy atom. The zero-order valence-corrected chi connectivity index (χ0v) is 11.8. The fourth-order valence-corrected chi connectivity index (χ4v) is 2.20. The summed E-state index contributed by atoms with van der Waals surface area (Å²) < 4.78 is 5.65. The van der Waals surface area contributed by atoms with Crippen molar-refractivity contribution in [1.29, 1.82) is 0 Å². The quantitative estimate of drug-likeness (QED) is 0.386. The van der Waals surface area contributed by atoms with Crippen LogP contribution in [0.25, 0.3) is 0 Å². The molecular weight excluding hydrogens is 272 g/mol. The number of carbonyl (C=O) groups excluding carboxylic acids is 2. The molecule has 4 N–H and O–H groups in total. The van der Waals surface area contributed by atoms with Crippen LogP contribution in [0.15, 0.2) is 24.3 Å². The van der Waals surface area contributed by atoms with Gasteiger partial charge in [0.1, 0.15) is 12.4 Å². The molecule has 0 aromatic heterocycles. The number of carbonyl (C=O) groups is 2. The maximum absolute atomic E-state index is 11.6. The van der Waals surface area contributed by atoms with E-state index in [4.69, 9.17) is 10.6 Å². The van der Waals surface area contributed by atoms with Crippen molar-refractivity contribution in [2.24, 2.45) is 5.84 Å². The average Bonchev–Trinajstić information content (AvgIpc) is 2.71. The Balaban J connectivity index is 1.88. The number of benzene rings is 1. The maximum Gasteiger partial charge on any atom is 0.268 e. The van der Waals surface area contributed by atoms with Gasteiger partial charge in [-0.3, -0.25) is 19.9 Å². The number of nitrogens with two attached hydrogens (primary N) is 1. The Labute approximate surface area is 123 Å². The van der Waals surface area contributed by atoms with Crippen LogP contribution < -0.4 is 21.3 Å². The first-order chi connectivity index (χ1) is 10.2. The Hall–Kier alpha value is -2.12. The summed E-state index contributed by atoms with van der Waals surface area (Å²) in [5.41, 5.74) is 2.49. The summed E-state index contributed by atoms with van der Waals surface area (Å²) in [4.78, 5) is 25.1. The summed E-state index contributed by atoms with van der Waals surface area (Å²) in [6.07, 6.45) is 0.928. The molecule has 0 unspecified atom stereocenters. The van der Waals surface area contributed by atoms with E-state index in [2.05, 4.69) is 10.7 Å². The van der Waals surface area contributed by atoms with Crippen LogP contribution >= 0.6 is 0 Å². The molecule has 0 saturated carbocycles. The highest BCUT2D eigenvalue weighted by Gasteiger charge is 2.15. The molecule has 0 atom stereocenters. The number of nitrogens with zero attached hydrogens (tertiary/aromatic N) is 1. The molecule has 1 aromatic rings. The SMILES string of the molecule is NNC(=O)c1ccccc1OCCN1CCCNC(=O)C1. The first kappa shape index (κ1) is 15.3. The Bertz CT molecular complexity index is 507. The summed E-state index contributed by atoms with van der Waals surface area (Å²) in [7, 11) is 0. The maximum atomic E-state index is 11.6. The number of amides is 2. The lowest BCUT2D eigenvalue weighted by Crippen LogP contribution is -2.35. The predicted octanol–water partition coefficient (Wildman–Crippen LogP) is -0.509. The van der Waals surface area contributed by atoms with E-state index in [-0.39, 0.29) is 11.8 Å². The molecule has 0 bridgehead atoms. The van der Waals surface area contributed by atoms with E-state index in [1.807, 2.05) is 4.90 Å². The third-order valence-electron chi connectivity index (χ3n) is 3.27. The highest BCUT2D eigenvalue weighted by atomic mass is 16.5. The van der Waals surface area contributed by atoms with Crippen LogP contribution in [0, 0.1) is 0 Å². The average molecular weight is 292 g/mol. The van der Waals surface area contributed by atoms with Crippen LogP contribution in [-0.4, -0.2) is 49.5 Å². The van der Waals surface area contributed by atoms with Crippen LogP contribution in [0.1, 0.15) is 16.8 Å². The Kier molecular flexibility index (Phi) is 5.53. The topological polar surface area (TPSA) is 96.7 Å². The van der Waals surface area contributed by atoms with Crippen molar-refractivity contribution in [2.75, 3.05) is 32.8 Å². The van der Waals surface area contributed by atoms with Crippen LogP contribution in [0.3, 0.4) is 0 Å². The third kappa shape index (κ3) is 4.44. The Morgan fingerprint density at radius 1 is 1.43 bits per heavy atom. The molecule has 114 valence electrons. The van der Waals surface area contributed by atoms with E-state index >= 15 is 0 Å². The fraction of sp³-hybridized carbons (Fsp3) is 0.429. The molecule has 7 heteroatoms. The van der Waals surface area contributed by atoms with E-state index in [1.165, 1.54) is 0 Å². The van der Waals surface area contributed by atoms with Crippen LogP contribution in [-0.2, 0) is 4.79 Å². The van der Waals surface area contributed by atoms with Crippen molar-refractivity contribution in [3.63, 3.8) is 0 Å². The molecule has 1 aromatic carbocycles. The van der Waals surface area contributed by atoms with E-state index in [9.17, 15) is 9.59 Å². The largest absolute Gasteiger partial charge is 0.491 e. The fourth-order valence-electron chi connectivity index (χ4n) is 2.20. The molecule has 0 spiro atoms. The minimum absolute atomic E-state index is 0.0374.